The fourth-order valence-electron chi connectivity index (χ4n) is 3.33. The quantitative estimate of drug-likeness (QED) is 0.598. The molecule has 2 rings (SSSR count). The van der Waals surface area contributed by atoms with Crippen LogP contribution < -0.4 is 0 Å². The van der Waals surface area contributed by atoms with Crippen molar-refractivity contribution >= 4 is 0 Å². The van der Waals surface area contributed by atoms with Gasteiger partial charge < -0.3 is 4.74 Å². The number of allylic oxidation sites excluding steroid dienone is 2. The number of rotatable bonds is 7. The van der Waals surface area contributed by atoms with Gasteiger partial charge in [-0.15, -0.1) is 0 Å². The van der Waals surface area contributed by atoms with Crippen LogP contribution in [0.15, 0.2) is 36.4 Å². The standard InChI is InChI=1S/C20H30O/c1-3-5-17-6-8-18(9-7-17)10-11-19-12-14-20(15-13-19)16-21-4-2/h3,5,12-15,17-18H,4,6-11,16H2,1-2H3/b5-3-/t17-,18-. The van der Waals surface area contributed by atoms with E-state index < -0.39 is 0 Å². The molecule has 21 heavy (non-hydrogen) atoms. The molecule has 1 aromatic rings. The number of hydrogen-bond acceptors (Lipinski definition) is 1. The summed E-state index contributed by atoms with van der Waals surface area (Å²) in [4.78, 5) is 0. The molecule has 0 saturated heterocycles. The Morgan fingerprint density at radius 3 is 2.33 bits per heavy atom. The number of benzene rings is 1. The SMILES string of the molecule is C/C=C\[C@H]1CC[C@H](CCc2ccc(COCC)cc2)CC1. The van der Waals surface area contributed by atoms with Crippen molar-refractivity contribution in [2.24, 2.45) is 11.8 Å². The molecule has 0 N–H and O–H groups in total. The van der Waals surface area contributed by atoms with E-state index >= 15 is 0 Å². The van der Waals surface area contributed by atoms with Crippen molar-refractivity contribution in [3.8, 4) is 0 Å². The van der Waals surface area contributed by atoms with Crippen molar-refractivity contribution in [2.45, 2.75) is 59.0 Å². The fraction of sp³-hybridized carbons (Fsp3) is 0.600. The second-order valence-corrected chi connectivity index (χ2v) is 6.30. The Hall–Kier alpha value is -1.08. The van der Waals surface area contributed by atoms with Crippen LogP contribution in [0.5, 0.6) is 0 Å². The predicted molar refractivity (Wildman–Crippen MR) is 90.4 cm³/mol. The van der Waals surface area contributed by atoms with Crippen LogP contribution in [0.2, 0.25) is 0 Å². The lowest BCUT2D eigenvalue weighted by Gasteiger charge is -2.26. The monoisotopic (exact) mass is 286 g/mol. The van der Waals surface area contributed by atoms with Gasteiger partial charge in [0.25, 0.3) is 0 Å². The lowest BCUT2D eigenvalue weighted by atomic mass is 9.79. The normalized spacial score (nSPS) is 22.8. The lowest BCUT2D eigenvalue weighted by Crippen LogP contribution is -2.13. The summed E-state index contributed by atoms with van der Waals surface area (Å²) in [5.74, 6) is 1.79. The first-order valence-corrected chi connectivity index (χ1v) is 8.60. The number of ether oxygens (including phenoxy) is 1. The molecule has 1 aliphatic rings. The van der Waals surface area contributed by atoms with Gasteiger partial charge in [0.1, 0.15) is 0 Å². The van der Waals surface area contributed by atoms with Gasteiger partial charge in [0.2, 0.25) is 0 Å². The second kappa shape index (κ2) is 9.04. The largest absolute Gasteiger partial charge is 0.377 e. The van der Waals surface area contributed by atoms with Gasteiger partial charge in [-0.2, -0.15) is 0 Å². The van der Waals surface area contributed by atoms with Gasteiger partial charge in [-0.3, -0.25) is 0 Å². The summed E-state index contributed by atoms with van der Waals surface area (Å²) >= 11 is 0. The van der Waals surface area contributed by atoms with Gasteiger partial charge in [0, 0.05) is 6.61 Å². The highest BCUT2D eigenvalue weighted by Crippen LogP contribution is 2.32. The van der Waals surface area contributed by atoms with Crippen LogP contribution in [-0.4, -0.2) is 6.61 Å². The minimum Gasteiger partial charge on any atom is -0.377 e. The summed E-state index contributed by atoms with van der Waals surface area (Å²) < 4.78 is 5.44. The number of aryl methyl sites for hydroxylation is 1. The highest BCUT2D eigenvalue weighted by molar-refractivity contribution is 5.22. The third kappa shape index (κ3) is 5.67. The van der Waals surface area contributed by atoms with Gasteiger partial charge >= 0.3 is 0 Å². The summed E-state index contributed by atoms with van der Waals surface area (Å²) in [6, 6.07) is 8.99. The molecule has 0 amide bonds. The molecule has 0 atom stereocenters. The van der Waals surface area contributed by atoms with Gasteiger partial charge in [-0.25, -0.2) is 0 Å². The number of hydrogen-bond donors (Lipinski definition) is 0. The van der Waals surface area contributed by atoms with Crippen molar-refractivity contribution in [2.75, 3.05) is 6.61 Å². The summed E-state index contributed by atoms with van der Waals surface area (Å²) in [7, 11) is 0. The molecule has 0 heterocycles. The molecule has 1 saturated carbocycles. The molecular formula is C20H30O. The third-order valence-corrected chi connectivity index (χ3v) is 4.69. The molecule has 116 valence electrons. The first-order chi connectivity index (χ1) is 10.3. The van der Waals surface area contributed by atoms with E-state index in [4.69, 9.17) is 4.74 Å². The van der Waals surface area contributed by atoms with E-state index in [0.717, 1.165) is 25.0 Å². The molecule has 0 unspecified atom stereocenters. The van der Waals surface area contributed by atoms with E-state index in [1.54, 1.807) is 0 Å². The van der Waals surface area contributed by atoms with Crippen molar-refractivity contribution < 1.29 is 4.74 Å². The average Bonchev–Trinajstić information content (AvgIpc) is 2.53. The molecular weight excluding hydrogens is 256 g/mol. The molecule has 1 heteroatoms. The fourth-order valence-corrected chi connectivity index (χ4v) is 3.33. The van der Waals surface area contributed by atoms with Crippen molar-refractivity contribution in [1.82, 2.24) is 0 Å². The second-order valence-electron chi connectivity index (χ2n) is 6.30. The third-order valence-electron chi connectivity index (χ3n) is 4.69. The maximum Gasteiger partial charge on any atom is 0.0716 e. The van der Waals surface area contributed by atoms with E-state index in [0.29, 0.717) is 0 Å². The molecule has 1 fully saturated rings. The molecule has 0 aliphatic heterocycles. The van der Waals surface area contributed by atoms with Gasteiger partial charge in [-0.05, 0) is 75.3 Å². The summed E-state index contributed by atoms with van der Waals surface area (Å²) in [6.45, 7) is 5.71. The van der Waals surface area contributed by atoms with Gasteiger partial charge in [-0.1, -0.05) is 36.4 Å². The Labute approximate surface area is 130 Å². The molecule has 0 radical (unpaired) electrons. The van der Waals surface area contributed by atoms with E-state index in [2.05, 4.69) is 43.3 Å². The molecule has 1 aliphatic carbocycles. The smallest absolute Gasteiger partial charge is 0.0716 e. The minimum absolute atomic E-state index is 0.742. The van der Waals surface area contributed by atoms with E-state index in [-0.39, 0.29) is 0 Å². The van der Waals surface area contributed by atoms with E-state index in [1.807, 2.05) is 6.92 Å². The zero-order chi connectivity index (χ0) is 14.9. The van der Waals surface area contributed by atoms with Crippen LogP contribution in [0.1, 0.15) is 57.1 Å². The van der Waals surface area contributed by atoms with Crippen LogP contribution >= 0.6 is 0 Å². The Kier molecular flexibility index (Phi) is 7.02. The first kappa shape index (κ1) is 16.3. The maximum absolute atomic E-state index is 5.44. The summed E-state index contributed by atoms with van der Waals surface area (Å²) in [5.41, 5.74) is 2.76. The van der Waals surface area contributed by atoms with Crippen LogP contribution in [0, 0.1) is 11.8 Å². The molecule has 0 bridgehead atoms. The Morgan fingerprint density at radius 2 is 1.71 bits per heavy atom. The van der Waals surface area contributed by atoms with Gasteiger partial charge in [0.15, 0.2) is 0 Å². The summed E-state index contributed by atoms with van der Waals surface area (Å²) in [6.07, 6.45) is 12.8. The first-order valence-electron chi connectivity index (χ1n) is 8.60. The average molecular weight is 286 g/mol. The topological polar surface area (TPSA) is 9.23 Å². The van der Waals surface area contributed by atoms with Gasteiger partial charge in [0.05, 0.1) is 6.61 Å². The molecule has 0 spiro atoms. The maximum atomic E-state index is 5.44. The Balaban J connectivity index is 1.71. The lowest BCUT2D eigenvalue weighted by molar-refractivity contribution is 0.134. The minimum atomic E-state index is 0.742. The summed E-state index contributed by atoms with van der Waals surface area (Å²) in [5, 5.41) is 0. The van der Waals surface area contributed by atoms with Crippen molar-refractivity contribution in [3.05, 3.63) is 47.5 Å². The van der Waals surface area contributed by atoms with Crippen LogP contribution in [0.4, 0.5) is 0 Å². The molecule has 0 aromatic heterocycles. The highest BCUT2D eigenvalue weighted by Gasteiger charge is 2.18. The molecule has 1 nitrogen and oxygen atoms in total. The highest BCUT2D eigenvalue weighted by atomic mass is 16.5. The van der Waals surface area contributed by atoms with Crippen LogP contribution in [0.3, 0.4) is 0 Å². The predicted octanol–water partition coefficient (Wildman–Crippen LogP) is 5.54. The van der Waals surface area contributed by atoms with Crippen molar-refractivity contribution in [3.63, 3.8) is 0 Å². The molecule has 1 aromatic carbocycles. The Morgan fingerprint density at radius 1 is 1.05 bits per heavy atom. The van der Waals surface area contributed by atoms with Crippen LogP contribution in [0.25, 0.3) is 0 Å². The zero-order valence-electron chi connectivity index (χ0n) is 13.7. The zero-order valence-corrected chi connectivity index (χ0v) is 13.7. The van der Waals surface area contributed by atoms with Crippen LogP contribution in [-0.2, 0) is 17.8 Å². The van der Waals surface area contributed by atoms with Crippen molar-refractivity contribution in [1.29, 1.82) is 0 Å². The van der Waals surface area contributed by atoms with E-state index in [9.17, 15) is 0 Å². The Bertz CT molecular complexity index is 410. The van der Waals surface area contributed by atoms with E-state index in [1.165, 1.54) is 49.7 Å².